The molecule has 2 heterocycles. The maximum Gasteiger partial charge on any atom is 0.207 e. The first-order chi connectivity index (χ1) is 9.54. The van der Waals surface area contributed by atoms with Crippen LogP contribution in [0, 0.1) is 0 Å². The molecular formula is C13H13Cl2N5. The third kappa shape index (κ3) is 1.77. The lowest BCUT2D eigenvalue weighted by Crippen LogP contribution is -2.05. The second kappa shape index (κ2) is 4.68. The fourth-order valence-corrected chi connectivity index (χ4v) is 2.72. The molecule has 2 N–H and O–H groups in total. The van der Waals surface area contributed by atoms with E-state index in [2.05, 4.69) is 10.1 Å². The molecule has 0 atom stereocenters. The highest BCUT2D eigenvalue weighted by Crippen LogP contribution is 2.33. The summed E-state index contributed by atoms with van der Waals surface area (Å²) in [5.74, 6) is 0.367. The minimum absolute atomic E-state index is 0.367. The quantitative estimate of drug-likeness (QED) is 0.790. The number of halogens is 2. The lowest BCUT2D eigenvalue weighted by molar-refractivity contribution is 0.751. The van der Waals surface area contributed by atoms with Gasteiger partial charge in [0.2, 0.25) is 5.95 Å². The molecule has 104 valence electrons. The van der Waals surface area contributed by atoms with E-state index in [-0.39, 0.29) is 0 Å². The standard InChI is InChI=1S/C13H13Cl2N5/c1-3-8-11-12(19(2)18-8)20(13(16)17-11)9-6-4-5-7(14)10(9)15/h4-6H,3H2,1-2H3,(H2,16,17). The van der Waals surface area contributed by atoms with E-state index >= 15 is 0 Å². The minimum Gasteiger partial charge on any atom is -0.369 e. The van der Waals surface area contributed by atoms with E-state index in [1.54, 1.807) is 15.3 Å². The first-order valence-electron chi connectivity index (χ1n) is 6.18. The van der Waals surface area contributed by atoms with E-state index in [1.165, 1.54) is 0 Å². The third-order valence-electron chi connectivity index (χ3n) is 3.24. The van der Waals surface area contributed by atoms with Crippen LogP contribution < -0.4 is 5.73 Å². The number of hydrogen-bond acceptors (Lipinski definition) is 3. The predicted octanol–water partition coefficient (Wildman–Crippen LogP) is 3.21. The SMILES string of the molecule is CCc1nn(C)c2c1nc(N)n2-c1cccc(Cl)c1Cl. The zero-order valence-electron chi connectivity index (χ0n) is 11.1. The Balaban J connectivity index is 2.39. The van der Waals surface area contributed by atoms with E-state index in [9.17, 15) is 0 Å². The highest BCUT2D eigenvalue weighted by atomic mass is 35.5. The molecule has 0 spiro atoms. The van der Waals surface area contributed by atoms with Crippen LogP contribution in [-0.4, -0.2) is 19.3 Å². The molecule has 0 fully saturated rings. The number of hydrogen-bond donors (Lipinski definition) is 1. The Hall–Kier alpha value is -1.72. The number of rotatable bonds is 2. The molecule has 0 amide bonds. The number of aromatic nitrogens is 4. The predicted molar refractivity (Wildman–Crippen MR) is 81.6 cm³/mol. The Bertz CT molecular complexity index is 803. The van der Waals surface area contributed by atoms with Crippen molar-refractivity contribution in [2.75, 3.05) is 5.73 Å². The van der Waals surface area contributed by atoms with Gasteiger partial charge in [-0.1, -0.05) is 36.2 Å². The van der Waals surface area contributed by atoms with Gasteiger partial charge in [-0.2, -0.15) is 5.10 Å². The molecule has 0 radical (unpaired) electrons. The Labute approximate surface area is 125 Å². The van der Waals surface area contributed by atoms with Crippen LogP contribution in [-0.2, 0) is 13.5 Å². The number of benzene rings is 1. The molecule has 3 rings (SSSR count). The Morgan fingerprint density at radius 3 is 2.75 bits per heavy atom. The van der Waals surface area contributed by atoms with Crippen LogP contribution >= 0.6 is 23.2 Å². The van der Waals surface area contributed by atoms with E-state index in [0.29, 0.717) is 21.7 Å². The van der Waals surface area contributed by atoms with Crippen LogP contribution in [0.3, 0.4) is 0 Å². The van der Waals surface area contributed by atoms with E-state index in [1.807, 2.05) is 26.1 Å². The van der Waals surface area contributed by atoms with Crippen molar-refractivity contribution in [3.63, 3.8) is 0 Å². The molecule has 2 aromatic heterocycles. The maximum atomic E-state index is 6.28. The van der Waals surface area contributed by atoms with E-state index < -0.39 is 0 Å². The largest absolute Gasteiger partial charge is 0.369 e. The summed E-state index contributed by atoms with van der Waals surface area (Å²) < 4.78 is 3.53. The molecule has 0 aliphatic carbocycles. The molecule has 0 bridgehead atoms. The molecule has 0 saturated carbocycles. The Morgan fingerprint density at radius 2 is 2.05 bits per heavy atom. The summed E-state index contributed by atoms with van der Waals surface area (Å²) in [6.07, 6.45) is 0.789. The van der Waals surface area contributed by atoms with Gasteiger partial charge >= 0.3 is 0 Å². The Morgan fingerprint density at radius 1 is 1.30 bits per heavy atom. The number of imidazole rings is 1. The third-order valence-corrected chi connectivity index (χ3v) is 4.05. The second-order valence-electron chi connectivity index (χ2n) is 4.47. The van der Waals surface area contributed by atoms with Crippen molar-refractivity contribution in [3.05, 3.63) is 33.9 Å². The van der Waals surface area contributed by atoms with E-state index in [0.717, 1.165) is 23.3 Å². The van der Waals surface area contributed by atoms with Crippen LogP contribution in [0.2, 0.25) is 10.0 Å². The fraction of sp³-hybridized carbons (Fsp3) is 0.231. The topological polar surface area (TPSA) is 61.7 Å². The van der Waals surface area contributed by atoms with Gasteiger partial charge in [0.1, 0.15) is 5.52 Å². The van der Waals surface area contributed by atoms with Crippen LogP contribution in [0.4, 0.5) is 5.95 Å². The van der Waals surface area contributed by atoms with Crippen LogP contribution in [0.25, 0.3) is 16.9 Å². The van der Waals surface area contributed by atoms with Gasteiger partial charge < -0.3 is 5.73 Å². The normalized spacial score (nSPS) is 11.4. The number of nitrogens with zero attached hydrogens (tertiary/aromatic N) is 4. The van der Waals surface area contributed by atoms with Gasteiger partial charge in [0.25, 0.3) is 0 Å². The van der Waals surface area contributed by atoms with Gasteiger partial charge in [-0.3, -0.25) is 4.57 Å². The lowest BCUT2D eigenvalue weighted by Gasteiger charge is -2.09. The number of fused-ring (bicyclic) bond motifs is 1. The van der Waals surface area contributed by atoms with Gasteiger partial charge in [-0.05, 0) is 18.6 Å². The van der Waals surface area contributed by atoms with Crippen LogP contribution in [0.1, 0.15) is 12.6 Å². The highest BCUT2D eigenvalue weighted by molar-refractivity contribution is 6.43. The van der Waals surface area contributed by atoms with Gasteiger partial charge in [-0.25, -0.2) is 9.67 Å². The van der Waals surface area contributed by atoms with Crippen LogP contribution in [0.15, 0.2) is 18.2 Å². The molecule has 0 aliphatic heterocycles. The van der Waals surface area contributed by atoms with Crippen molar-refractivity contribution >= 4 is 40.3 Å². The van der Waals surface area contributed by atoms with Crippen molar-refractivity contribution in [1.82, 2.24) is 19.3 Å². The monoisotopic (exact) mass is 309 g/mol. The second-order valence-corrected chi connectivity index (χ2v) is 5.26. The lowest BCUT2D eigenvalue weighted by atomic mass is 10.3. The molecule has 0 saturated heterocycles. The summed E-state index contributed by atoms with van der Waals surface area (Å²) in [4.78, 5) is 4.41. The molecule has 3 aromatic rings. The summed E-state index contributed by atoms with van der Waals surface area (Å²) in [5, 5.41) is 5.37. The minimum atomic E-state index is 0.367. The number of aryl methyl sites for hydroxylation is 2. The molecule has 20 heavy (non-hydrogen) atoms. The van der Waals surface area contributed by atoms with Gasteiger partial charge in [0, 0.05) is 7.05 Å². The first-order valence-corrected chi connectivity index (χ1v) is 6.94. The maximum absolute atomic E-state index is 6.28. The molecule has 7 heteroatoms. The fourth-order valence-electron chi connectivity index (χ4n) is 2.34. The van der Waals surface area contributed by atoms with Crippen molar-refractivity contribution < 1.29 is 0 Å². The molecule has 5 nitrogen and oxygen atoms in total. The molecular weight excluding hydrogens is 297 g/mol. The van der Waals surface area contributed by atoms with E-state index in [4.69, 9.17) is 28.9 Å². The van der Waals surface area contributed by atoms with Gasteiger partial charge in [0.15, 0.2) is 5.65 Å². The molecule has 0 aliphatic rings. The van der Waals surface area contributed by atoms with Gasteiger partial charge in [0.05, 0.1) is 21.4 Å². The molecule has 0 unspecified atom stereocenters. The zero-order valence-corrected chi connectivity index (χ0v) is 12.6. The average molecular weight is 310 g/mol. The summed E-state index contributed by atoms with van der Waals surface area (Å²) in [5.41, 5.74) is 9.26. The number of nitrogens with two attached hydrogens (primary N) is 1. The highest BCUT2D eigenvalue weighted by Gasteiger charge is 2.20. The van der Waals surface area contributed by atoms with Gasteiger partial charge in [-0.15, -0.1) is 0 Å². The smallest absolute Gasteiger partial charge is 0.207 e. The summed E-state index contributed by atoms with van der Waals surface area (Å²) >= 11 is 12.4. The summed E-state index contributed by atoms with van der Waals surface area (Å²) in [7, 11) is 1.86. The average Bonchev–Trinajstić information content (AvgIpc) is 2.90. The molecule has 1 aromatic carbocycles. The van der Waals surface area contributed by atoms with Crippen LogP contribution in [0.5, 0.6) is 0 Å². The summed E-state index contributed by atoms with van der Waals surface area (Å²) in [6, 6.07) is 5.41. The number of nitrogen functional groups attached to an aromatic ring is 1. The Kier molecular flexibility index (Phi) is 3.11. The zero-order chi connectivity index (χ0) is 14.4. The first kappa shape index (κ1) is 13.3. The summed E-state index contributed by atoms with van der Waals surface area (Å²) in [6.45, 7) is 2.03. The van der Waals surface area contributed by atoms with Crippen molar-refractivity contribution in [2.45, 2.75) is 13.3 Å². The van der Waals surface area contributed by atoms with Crippen molar-refractivity contribution in [1.29, 1.82) is 0 Å². The van der Waals surface area contributed by atoms with Crippen molar-refractivity contribution in [2.24, 2.45) is 7.05 Å². The van der Waals surface area contributed by atoms with Crippen molar-refractivity contribution in [3.8, 4) is 5.69 Å². The number of anilines is 1.